The highest BCUT2D eigenvalue weighted by atomic mass is 16.5. The zero-order valence-corrected chi connectivity index (χ0v) is 28.4. The number of methoxy groups -OCH3 is 5. The maximum absolute atomic E-state index is 6.71. The molecule has 0 spiro atoms. The van der Waals surface area contributed by atoms with Crippen LogP contribution >= 0.6 is 0 Å². The van der Waals surface area contributed by atoms with Gasteiger partial charge in [0.1, 0.15) is 17.2 Å². The second kappa shape index (κ2) is 12.7. The predicted octanol–water partition coefficient (Wildman–Crippen LogP) is 7.05. The molecule has 0 N–H and O–H groups in total. The molecule has 7 rings (SSSR count). The van der Waals surface area contributed by atoms with E-state index in [2.05, 4.69) is 72.4 Å². The normalized spacial score (nSPS) is 18.4. The van der Waals surface area contributed by atoms with E-state index in [1.165, 1.54) is 27.8 Å². The molecule has 0 saturated carbocycles. The summed E-state index contributed by atoms with van der Waals surface area (Å²) in [7, 11) is 12.9. The lowest BCUT2D eigenvalue weighted by Crippen LogP contribution is -2.35. The lowest BCUT2D eigenvalue weighted by Gasteiger charge is -2.41. The number of hydrogen-bond acceptors (Lipinski definition) is 8. The van der Waals surface area contributed by atoms with Crippen LogP contribution in [0.25, 0.3) is 11.1 Å². The van der Waals surface area contributed by atoms with Gasteiger partial charge in [0.05, 0.1) is 35.5 Å². The smallest absolute Gasteiger partial charge is 0.168 e. The molecule has 0 saturated heterocycles. The molecule has 0 aromatic heterocycles. The van der Waals surface area contributed by atoms with Crippen LogP contribution < -0.4 is 28.4 Å². The average molecular weight is 637 g/mol. The predicted molar refractivity (Wildman–Crippen MR) is 183 cm³/mol. The summed E-state index contributed by atoms with van der Waals surface area (Å²) < 4.78 is 35.6. The minimum atomic E-state index is 0.216. The molecule has 2 atom stereocenters. The van der Waals surface area contributed by atoms with Gasteiger partial charge in [-0.25, -0.2) is 0 Å². The Labute approximate surface area is 277 Å². The number of rotatable bonds is 9. The molecule has 0 radical (unpaired) electrons. The molecule has 2 heterocycles. The molecule has 1 aliphatic carbocycles. The third-order valence-electron chi connectivity index (χ3n) is 10.3. The van der Waals surface area contributed by atoms with Crippen molar-refractivity contribution >= 4 is 0 Å². The molecule has 3 aliphatic rings. The van der Waals surface area contributed by atoms with Gasteiger partial charge >= 0.3 is 0 Å². The molecule has 2 aliphatic heterocycles. The van der Waals surface area contributed by atoms with E-state index in [4.69, 9.17) is 28.4 Å². The van der Waals surface area contributed by atoms with Crippen molar-refractivity contribution in [1.29, 1.82) is 0 Å². The van der Waals surface area contributed by atoms with Crippen LogP contribution in [0.3, 0.4) is 0 Å². The van der Waals surface area contributed by atoms with E-state index >= 15 is 0 Å². The summed E-state index contributed by atoms with van der Waals surface area (Å²) in [6.07, 6.45) is 3.67. The number of likely N-dealkylation sites (N-methyl/N-ethyl adjacent to an activating group) is 2. The van der Waals surface area contributed by atoms with Crippen molar-refractivity contribution in [2.24, 2.45) is 0 Å². The Kier molecular flexibility index (Phi) is 8.41. The van der Waals surface area contributed by atoms with E-state index in [0.29, 0.717) is 0 Å². The number of ether oxygens (including phenoxy) is 6. The van der Waals surface area contributed by atoms with Crippen molar-refractivity contribution in [3.63, 3.8) is 0 Å². The summed E-state index contributed by atoms with van der Waals surface area (Å²) in [4.78, 5) is 4.87. The Morgan fingerprint density at radius 1 is 0.660 bits per heavy atom. The first-order valence-electron chi connectivity index (χ1n) is 16.3. The van der Waals surface area contributed by atoms with Crippen LogP contribution in [0.4, 0.5) is 0 Å². The average Bonchev–Trinajstić information content (AvgIpc) is 3.10. The largest absolute Gasteiger partial charge is 0.497 e. The summed E-state index contributed by atoms with van der Waals surface area (Å²) in [5, 5.41) is 0. The van der Waals surface area contributed by atoms with Gasteiger partial charge in [-0.2, -0.15) is 0 Å². The van der Waals surface area contributed by atoms with Gasteiger partial charge < -0.3 is 28.4 Å². The van der Waals surface area contributed by atoms with Crippen LogP contribution in [0.1, 0.15) is 45.5 Å². The maximum Gasteiger partial charge on any atom is 0.168 e. The van der Waals surface area contributed by atoms with Gasteiger partial charge in [0, 0.05) is 42.4 Å². The van der Waals surface area contributed by atoms with Crippen LogP contribution in [0.2, 0.25) is 0 Å². The minimum Gasteiger partial charge on any atom is -0.497 e. The lowest BCUT2D eigenvalue weighted by molar-refractivity contribution is 0.225. The van der Waals surface area contributed by atoms with Gasteiger partial charge in [0.2, 0.25) is 0 Å². The van der Waals surface area contributed by atoms with Gasteiger partial charge in [0.25, 0.3) is 0 Å². The Morgan fingerprint density at radius 3 is 2.04 bits per heavy atom. The molecule has 47 heavy (non-hydrogen) atoms. The highest BCUT2D eigenvalue weighted by Crippen LogP contribution is 2.55. The van der Waals surface area contributed by atoms with Crippen LogP contribution in [-0.2, 0) is 25.7 Å². The van der Waals surface area contributed by atoms with Gasteiger partial charge in [-0.3, -0.25) is 9.80 Å². The Morgan fingerprint density at radius 2 is 1.34 bits per heavy atom. The third kappa shape index (κ3) is 5.43. The second-order valence-electron chi connectivity index (χ2n) is 12.8. The van der Waals surface area contributed by atoms with Crippen LogP contribution in [0.15, 0.2) is 54.6 Å². The van der Waals surface area contributed by atoms with Crippen molar-refractivity contribution < 1.29 is 28.4 Å². The van der Waals surface area contributed by atoms with Gasteiger partial charge in [0.15, 0.2) is 23.0 Å². The summed E-state index contributed by atoms with van der Waals surface area (Å²) in [5.41, 5.74) is 9.78. The van der Waals surface area contributed by atoms with E-state index in [-0.39, 0.29) is 12.1 Å². The van der Waals surface area contributed by atoms with Gasteiger partial charge in [-0.1, -0.05) is 12.1 Å². The number of benzene rings is 4. The second-order valence-corrected chi connectivity index (χ2v) is 12.8. The quantitative estimate of drug-likeness (QED) is 0.194. The van der Waals surface area contributed by atoms with Crippen molar-refractivity contribution in [3.8, 4) is 51.4 Å². The van der Waals surface area contributed by atoms with E-state index < -0.39 is 0 Å². The number of nitrogens with zero attached hydrogens (tertiary/aromatic N) is 2. The zero-order valence-electron chi connectivity index (χ0n) is 28.4. The molecule has 0 bridgehead atoms. The lowest BCUT2D eigenvalue weighted by atomic mass is 9.76. The highest BCUT2D eigenvalue weighted by molar-refractivity contribution is 5.85. The van der Waals surface area contributed by atoms with E-state index in [9.17, 15) is 0 Å². The molecule has 0 unspecified atom stereocenters. The monoisotopic (exact) mass is 636 g/mol. The SMILES string of the molecule is COc1cc(Oc2ccc(C[C@H]3c4cc(OC)c(OC)cc4CCN3C)cc2)c2c(c1)-c1c(OC)c(OC)cc3c1[C@H](C2)N(C)CC3. The molecule has 8 nitrogen and oxygen atoms in total. The molecular formula is C39H44N2O6. The Balaban J connectivity index is 1.22. The molecule has 8 heteroatoms. The first-order chi connectivity index (χ1) is 22.9. The van der Waals surface area contributed by atoms with Crippen molar-refractivity contribution in [3.05, 3.63) is 88.0 Å². The fourth-order valence-corrected chi connectivity index (χ4v) is 7.77. The Hall–Kier alpha value is -4.40. The summed E-state index contributed by atoms with van der Waals surface area (Å²) in [5.74, 6) is 5.38. The number of fused-ring (bicyclic) bond motifs is 3. The fourth-order valence-electron chi connectivity index (χ4n) is 7.77. The van der Waals surface area contributed by atoms with Crippen LogP contribution in [-0.4, -0.2) is 72.5 Å². The zero-order chi connectivity index (χ0) is 32.8. The van der Waals surface area contributed by atoms with E-state index in [0.717, 1.165) is 95.7 Å². The van der Waals surface area contributed by atoms with Gasteiger partial charge in [-0.15, -0.1) is 0 Å². The standard InChI is InChI=1S/C39H44N2O6/c1-40-14-12-24-17-34(43-4)35(44-5)22-28(24)31(40)16-23-8-10-26(11-9-23)47-33-20-27(42-3)19-30-29(33)21-32-37-25(13-15-41(32)2)18-36(45-6)39(46-7)38(30)37/h8-11,17-20,22,31-32H,12-16,21H2,1-7H3/t31-,32-/m0/s1. The maximum atomic E-state index is 6.71. The van der Waals surface area contributed by atoms with Crippen LogP contribution in [0, 0.1) is 0 Å². The number of hydrogen-bond donors (Lipinski definition) is 0. The minimum absolute atomic E-state index is 0.216. The van der Waals surface area contributed by atoms with Crippen molar-refractivity contribution in [1.82, 2.24) is 9.80 Å². The summed E-state index contributed by atoms with van der Waals surface area (Å²) >= 11 is 0. The van der Waals surface area contributed by atoms with Crippen molar-refractivity contribution in [2.45, 2.75) is 37.8 Å². The summed E-state index contributed by atoms with van der Waals surface area (Å²) in [6.45, 7) is 1.98. The summed E-state index contributed by atoms with van der Waals surface area (Å²) in [6, 6.07) is 19.5. The first kappa shape index (κ1) is 31.2. The fraction of sp³-hybridized carbons (Fsp3) is 0.385. The molecule has 4 aromatic carbocycles. The first-order valence-corrected chi connectivity index (χ1v) is 16.3. The van der Waals surface area contributed by atoms with E-state index in [1.54, 1.807) is 35.5 Å². The highest BCUT2D eigenvalue weighted by Gasteiger charge is 2.38. The Bertz CT molecular complexity index is 1800. The molecular weight excluding hydrogens is 592 g/mol. The van der Waals surface area contributed by atoms with Crippen molar-refractivity contribution in [2.75, 3.05) is 62.7 Å². The van der Waals surface area contributed by atoms with Crippen LogP contribution in [0.5, 0.6) is 40.2 Å². The molecule has 246 valence electrons. The third-order valence-corrected chi connectivity index (χ3v) is 10.3. The molecule has 4 aromatic rings. The topological polar surface area (TPSA) is 61.9 Å². The van der Waals surface area contributed by atoms with E-state index in [1.807, 2.05) is 6.07 Å². The molecule has 0 amide bonds. The van der Waals surface area contributed by atoms with Gasteiger partial charge in [-0.05, 0) is 110 Å². The molecule has 0 fully saturated rings.